The fraction of sp³-hybridized carbons (Fsp3) is 0.478. The molecule has 12 heteroatoms. The van der Waals surface area contributed by atoms with Crippen LogP contribution in [0.3, 0.4) is 0 Å². The number of aliphatic hydroxyl groups excluding tert-OH is 1. The van der Waals surface area contributed by atoms with E-state index >= 15 is 0 Å². The number of rotatable bonds is 8. The van der Waals surface area contributed by atoms with Gasteiger partial charge in [-0.05, 0) is 26.3 Å². The number of aromatic nitrogens is 4. The van der Waals surface area contributed by atoms with Gasteiger partial charge < -0.3 is 34.7 Å². The molecule has 3 aromatic rings. The molecule has 5 atom stereocenters. The molecule has 1 aromatic carbocycles. The minimum atomic E-state index is -1.45. The number of nitrogens with zero attached hydrogens (tertiary/aromatic N) is 4. The van der Waals surface area contributed by atoms with Crippen molar-refractivity contribution in [1.82, 2.24) is 24.8 Å². The lowest BCUT2D eigenvalue weighted by atomic mass is 10.1. The monoisotopic (exact) mass is 484 g/mol. The normalized spacial score (nSPS) is 25.9. The highest BCUT2D eigenvalue weighted by atomic mass is 16.8. The van der Waals surface area contributed by atoms with Crippen molar-refractivity contribution < 1.29 is 28.8 Å². The third-order valence-electron chi connectivity index (χ3n) is 5.81. The van der Waals surface area contributed by atoms with E-state index < -0.39 is 42.6 Å². The topological polar surface area (TPSA) is 142 Å². The van der Waals surface area contributed by atoms with E-state index in [4.69, 9.17) is 18.9 Å². The van der Waals surface area contributed by atoms with Crippen LogP contribution < -0.4 is 10.6 Å². The summed E-state index contributed by atoms with van der Waals surface area (Å²) in [6.45, 7) is 6.05. The first kappa shape index (κ1) is 23.6. The molecule has 2 saturated heterocycles. The molecule has 4 heterocycles. The molecule has 0 radical (unpaired) electrons. The van der Waals surface area contributed by atoms with Crippen molar-refractivity contribution in [2.45, 2.75) is 64.1 Å². The minimum absolute atomic E-state index is 0.232. The van der Waals surface area contributed by atoms with E-state index in [0.29, 0.717) is 23.5 Å². The van der Waals surface area contributed by atoms with Crippen molar-refractivity contribution >= 4 is 22.9 Å². The van der Waals surface area contributed by atoms with Gasteiger partial charge in [0, 0.05) is 13.2 Å². The second kappa shape index (κ2) is 9.47. The molecular formula is C23H28N6O6. The van der Waals surface area contributed by atoms with Gasteiger partial charge in [-0.3, -0.25) is 9.36 Å². The van der Waals surface area contributed by atoms with Crippen LogP contribution in [0.5, 0.6) is 0 Å². The summed E-state index contributed by atoms with van der Waals surface area (Å²) in [5.74, 6) is -0.929. The van der Waals surface area contributed by atoms with Crippen LogP contribution in [0.4, 0.5) is 5.82 Å². The third kappa shape index (κ3) is 4.70. The van der Waals surface area contributed by atoms with Crippen molar-refractivity contribution in [3.05, 3.63) is 48.5 Å². The number of nitrogens with one attached hydrogen (secondary N) is 2. The maximum atomic E-state index is 12.9. The van der Waals surface area contributed by atoms with Crippen LogP contribution in [0.15, 0.2) is 43.0 Å². The van der Waals surface area contributed by atoms with Crippen molar-refractivity contribution in [1.29, 1.82) is 0 Å². The third-order valence-corrected chi connectivity index (χ3v) is 5.81. The van der Waals surface area contributed by atoms with E-state index in [9.17, 15) is 9.90 Å². The maximum absolute atomic E-state index is 12.9. The van der Waals surface area contributed by atoms with Gasteiger partial charge in [0.05, 0.1) is 6.33 Å². The van der Waals surface area contributed by atoms with Crippen LogP contribution in [-0.4, -0.2) is 67.7 Å². The zero-order chi connectivity index (χ0) is 24.6. The number of carbonyl (C=O) groups excluding carboxylic acids is 1. The van der Waals surface area contributed by atoms with E-state index in [1.807, 2.05) is 30.3 Å². The molecule has 186 valence electrons. The highest BCUT2D eigenvalue weighted by Gasteiger charge is 2.58. The van der Waals surface area contributed by atoms with Gasteiger partial charge in [0.1, 0.15) is 18.5 Å². The highest BCUT2D eigenvalue weighted by Crippen LogP contribution is 2.44. The molecule has 0 bridgehead atoms. The SMILES string of the molecule is CCOC(O)NC(=O)[C@H]1O[C@@H](n2cnc3c(NCc4ccccc4)ncnc32)[C@@H]2OC(C)(C)O[C@@H]21. The number of hydrogen-bond acceptors (Lipinski definition) is 10. The Hall–Kier alpha value is -3.16. The summed E-state index contributed by atoms with van der Waals surface area (Å²) >= 11 is 0. The van der Waals surface area contributed by atoms with Crippen LogP contribution in [-0.2, 0) is 30.3 Å². The second-order valence-electron chi connectivity index (χ2n) is 8.71. The average molecular weight is 485 g/mol. The van der Waals surface area contributed by atoms with Gasteiger partial charge in [-0.2, -0.15) is 0 Å². The van der Waals surface area contributed by atoms with Crippen molar-refractivity contribution in [2.24, 2.45) is 0 Å². The Morgan fingerprint density at radius 2 is 1.97 bits per heavy atom. The van der Waals surface area contributed by atoms with E-state index in [0.717, 1.165) is 5.56 Å². The Morgan fingerprint density at radius 1 is 1.20 bits per heavy atom. The Bertz CT molecular complexity index is 1190. The first-order valence-electron chi connectivity index (χ1n) is 11.4. The molecule has 1 amide bonds. The van der Waals surface area contributed by atoms with Crippen molar-refractivity contribution in [3.63, 3.8) is 0 Å². The zero-order valence-corrected chi connectivity index (χ0v) is 19.6. The lowest BCUT2D eigenvalue weighted by Gasteiger charge is -2.24. The van der Waals surface area contributed by atoms with Gasteiger partial charge in [-0.25, -0.2) is 15.0 Å². The van der Waals surface area contributed by atoms with Crippen molar-refractivity contribution in [2.75, 3.05) is 11.9 Å². The molecule has 35 heavy (non-hydrogen) atoms. The minimum Gasteiger partial charge on any atom is -0.364 e. The quantitative estimate of drug-likeness (QED) is 0.400. The molecule has 0 saturated carbocycles. The number of carbonyl (C=O) groups is 1. The molecule has 2 fully saturated rings. The lowest BCUT2D eigenvalue weighted by molar-refractivity contribution is -0.200. The molecule has 0 spiro atoms. The van der Waals surface area contributed by atoms with Crippen LogP contribution in [0.25, 0.3) is 11.2 Å². The Labute approximate surface area is 201 Å². The van der Waals surface area contributed by atoms with Crippen molar-refractivity contribution in [3.8, 4) is 0 Å². The van der Waals surface area contributed by atoms with Gasteiger partial charge in [-0.1, -0.05) is 30.3 Å². The second-order valence-corrected chi connectivity index (χ2v) is 8.71. The van der Waals surface area contributed by atoms with Gasteiger partial charge >= 0.3 is 0 Å². The van der Waals surface area contributed by atoms with Gasteiger partial charge in [0.15, 0.2) is 35.1 Å². The Balaban J connectivity index is 1.41. The van der Waals surface area contributed by atoms with Crippen LogP contribution >= 0.6 is 0 Å². The molecule has 3 N–H and O–H groups in total. The smallest absolute Gasteiger partial charge is 0.255 e. The van der Waals surface area contributed by atoms with E-state index in [2.05, 4.69) is 25.6 Å². The molecule has 2 aliphatic heterocycles. The Morgan fingerprint density at radius 3 is 2.74 bits per heavy atom. The Kier molecular flexibility index (Phi) is 6.38. The highest BCUT2D eigenvalue weighted by molar-refractivity contribution is 5.83. The van der Waals surface area contributed by atoms with E-state index in [1.54, 1.807) is 31.7 Å². The summed E-state index contributed by atoms with van der Waals surface area (Å²) in [5, 5.41) is 15.5. The number of fused-ring (bicyclic) bond motifs is 2. The predicted octanol–water partition coefficient (Wildman–Crippen LogP) is 1.28. The largest absolute Gasteiger partial charge is 0.364 e. The summed E-state index contributed by atoms with van der Waals surface area (Å²) in [6.07, 6.45) is -1.54. The summed E-state index contributed by atoms with van der Waals surface area (Å²) in [7, 11) is 0. The number of anilines is 1. The van der Waals surface area contributed by atoms with E-state index in [1.165, 1.54) is 6.33 Å². The molecule has 12 nitrogen and oxygen atoms in total. The van der Waals surface area contributed by atoms with Crippen LogP contribution in [0.2, 0.25) is 0 Å². The van der Waals surface area contributed by atoms with Crippen LogP contribution in [0.1, 0.15) is 32.6 Å². The molecule has 1 unspecified atom stereocenters. The summed E-state index contributed by atoms with van der Waals surface area (Å²) < 4.78 is 24.9. The molecule has 0 aliphatic carbocycles. The van der Waals surface area contributed by atoms with Gasteiger partial charge in [0.25, 0.3) is 5.91 Å². The predicted molar refractivity (Wildman–Crippen MR) is 123 cm³/mol. The summed E-state index contributed by atoms with van der Waals surface area (Å²) in [5.41, 5.74) is 2.17. The number of imidazole rings is 1. The number of ether oxygens (including phenoxy) is 4. The molecule has 2 aliphatic rings. The maximum Gasteiger partial charge on any atom is 0.255 e. The van der Waals surface area contributed by atoms with Gasteiger partial charge in [0.2, 0.25) is 6.41 Å². The fourth-order valence-corrected chi connectivity index (χ4v) is 4.36. The average Bonchev–Trinajstić information content (AvgIpc) is 3.49. The first-order valence-corrected chi connectivity index (χ1v) is 11.4. The summed E-state index contributed by atoms with van der Waals surface area (Å²) in [6, 6.07) is 9.94. The number of hydrogen-bond donors (Lipinski definition) is 3. The summed E-state index contributed by atoms with van der Waals surface area (Å²) in [4.78, 5) is 26.1. The number of aliphatic hydroxyl groups is 1. The number of amides is 1. The fourth-order valence-electron chi connectivity index (χ4n) is 4.36. The van der Waals surface area contributed by atoms with Crippen LogP contribution in [0, 0.1) is 0 Å². The lowest BCUT2D eigenvalue weighted by Crippen LogP contribution is -2.47. The zero-order valence-electron chi connectivity index (χ0n) is 19.6. The van der Waals surface area contributed by atoms with Gasteiger partial charge in [-0.15, -0.1) is 0 Å². The first-order chi connectivity index (χ1) is 16.9. The number of benzene rings is 1. The molecular weight excluding hydrogens is 456 g/mol. The standard InChI is InChI=1S/C23H28N6O6/c1-4-32-22(31)28-20(30)16-15-17(35-23(2,3)34-15)21(33-16)29-12-27-14-18(25-11-26-19(14)29)24-10-13-8-6-5-7-9-13/h5-9,11-12,15-17,21-22,31H,4,10H2,1-3H3,(H,28,30)(H,24,25,26)/t15-,16+,17-,21-,22?/m1/s1. The molecule has 2 aromatic heterocycles. The molecule has 5 rings (SSSR count). The van der Waals surface area contributed by atoms with E-state index in [-0.39, 0.29) is 6.61 Å².